The summed E-state index contributed by atoms with van der Waals surface area (Å²) in [6, 6.07) is 4.66. The smallest absolute Gasteiger partial charge is 0.361 e. The largest absolute Gasteiger partial charge is 0.461 e. The van der Waals surface area contributed by atoms with Crippen molar-refractivity contribution in [3.8, 4) is 0 Å². The molecule has 1 heterocycles. The fraction of sp³-hybridized carbons (Fsp3) is 0.421. The molecule has 29 heavy (non-hydrogen) atoms. The van der Waals surface area contributed by atoms with E-state index in [4.69, 9.17) is 9.26 Å². The highest BCUT2D eigenvalue weighted by Crippen LogP contribution is 2.58. The lowest BCUT2D eigenvalue weighted by atomic mass is 9.90. The lowest BCUT2D eigenvalue weighted by Crippen LogP contribution is -2.23. The van der Waals surface area contributed by atoms with Crippen LogP contribution in [-0.4, -0.2) is 33.3 Å². The van der Waals surface area contributed by atoms with Crippen molar-refractivity contribution in [3.63, 3.8) is 0 Å². The van der Waals surface area contributed by atoms with Gasteiger partial charge in [0, 0.05) is 16.0 Å². The molecule has 1 aromatic carbocycles. The number of halogens is 1. The van der Waals surface area contributed by atoms with Crippen molar-refractivity contribution in [3.05, 3.63) is 50.8 Å². The molecule has 0 radical (unpaired) electrons. The minimum Gasteiger partial charge on any atom is -0.461 e. The second-order valence-electron chi connectivity index (χ2n) is 7.36. The second-order valence-corrected chi connectivity index (χ2v) is 10.4. The first-order chi connectivity index (χ1) is 13.5. The van der Waals surface area contributed by atoms with Crippen LogP contribution in [0.5, 0.6) is 0 Å². The summed E-state index contributed by atoms with van der Waals surface area (Å²) in [7, 11) is -4.63. The summed E-state index contributed by atoms with van der Waals surface area (Å²) in [6.45, 7) is 4.47. The molecule has 0 aliphatic heterocycles. The maximum Gasteiger partial charge on any atom is 0.361 e. The van der Waals surface area contributed by atoms with Gasteiger partial charge in [-0.15, -0.1) is 0 Å². The van der Waals surface area contributed by atoms with Gasteiger partial charge >= 0.3 is 13.6 Å². The van der Waals surface area contributed by atoms with Crippen LogP contribution in [0.25, 0.3) is 0 Å². The van der Waals surface area contributed by atoms with Crippen molar-refractivity contribution in [1.29, 1.82) is 0 Å². The van der Waals surface area contributed by atoms with E-state index in [0.717, 1.165) is 12.8 Å². The van der Waals surface area contributed by atoms with Crippen molar-refractivity contribution in [2.75, 3.05) is 6.61 Å². The first-order valence-corrected chi connectivity index (χ1v) is 11.5. The van der Waals surface area contributed by atoms with E-state index in [2.05, 4.69) is 21.1 Å². The van der Waals surface area contributed by atoms with Crippen molar-refractivity contribution < 1.29 is 33.2 Å². The van der Waals surface area contributed by atoms with Gasteiger partial charge in [-0.1, -0.05) is 33.2 Å². The SMILES string of the molecule is CCOC(=O)c1noc(C2CC2)c1C(=O)c1cccc(Br)c1C(C)(C)P(=O)(O)O. The highest BCUT2D eigenvalue weighted by Gasteiger charge is 2.45. The molecule has 8 nitrogen and oxygen atoms in total. The zero-order valence-corrected chi connectivity index (χ0v) is 18.6. The number of carbonyl (C=O) groups is 2. The molecule has 0 atom stereocenters. The Morgan fingerprint density at radius 3 is 2.55 bits per heavy atom. The third-order valence-electron chi connectivity index (χ3n) is 4.96. The number of rotatable bonds is 7. The summed E-state index contributed by atoms with van der Waals surface area (Å²) < 4.78 is 22.9. The molecule has 156 valence electrons. The van der Waals surface area contributed by atoms with Gasteiger partial charge in [-0.05, 0) is 45.2 Å². The van der Waals surface area contributed by atoms with Crippen LogP contribution in [0.4, 0.5) is 0 Å². The van der Waals surface area contributed by atoms with E-state index >= 15 is 0 Å². The average Bonchev–Trinajstić information content (AvgIpc) is 3.38. The topological polar surface area (TPSA) is 127 Å². The molecule has 0 spiro atoms. The molecule has 3 rings (SSSR count). The van der Waals surface area contributed by atoms with Gasteiger partial charge in [-0.3, -0.25) is 9.36 Å². The van der Waals surface area contributed by atoms with Crippen molar-refractivity contribution >= 4 is 35.3 Å². The van der Waals surface area contributed by atoms with Crippen LogP contribution in [0.1, 0.15) is 77.3 Å². The Hall–Kier alpha value is -1.80. The Bertz CT molecular complexity index is 1020. The molecule has 1 saturated carbocycles. The van der Waals surface area contributed by atoms with E-state index in [9.17, 15) is 23.9 Å². The minimum absolute atomic E-state index is 0.00758. The molecule has 0 saturated heterocycles. The van der Waals surface area contributed by atoms with Gasteiger partial charge < -0.3 is 19.0 Å². The van der Waals surface area contributed by atoms with Crippen molar-refractivity contribution in [2.24, 2.45) is 0 Å². The number of hydrogen-bond acceptors (Lipinski definition) is 6. The highest BCUT2D eigenvalue weighted by atomic mass is 79.9. The fourth-order valence-electron chi connectivity index (χ4n) is 3.10. The number of aromatic nitrogens is 1. The number of esters is 1. The van der Waals surface area contributed by atoms with Gasteiger partial charge in [0.05, 0.1) is 11.8 Å². The van der Waals surface area contributed by atoms with Crippen LogP contribution in [0.2, 0.25) is 0 Å². The number of nitrogens with zero attached hydrogens (tertiary/aromatic N) is 1. The summed E-state index contributed by atoms with van der Waals surface area (Å²) in [5, 5.41) is 2.12. The van der Waals surface area contributed by atoms with E-state index in [1.54, 1.807) is 19.1 Å². The number of ketones is 1. The molecule has 0 amide bonds. The maximum atomic E-state index is 13.6. The van der Waals surface area contributed by atoms with Crippen LogP contribution in [0.3, 0.4) is 0 Å². The molecule has 1 fully saturated rings. The molecular weight excluding hydrogens is 465 g/mol. The third-order valence-corrected chi connectivity index (χ3v) is 7.30. The first kappa shape index (κ1) is 21.9. The Labute approximate surface area is 175 Å². The summed E-state index contributed by atoms with van der Waals surface area (Å²) >= 11 is 3.31. The summed E-state index contributed by atoms with van der Waals surface area (Å²) in [5.41, 5.74) is -0.0232. The molecule has 0 unspecified atom stereocenters. The summed E-state index contributed by atoms with van der Waals surface area (Å²) in [6.07, 6.45) is 1.61. The van der Waals surface area contributed by atoms with E-state index in [1.165, 1.54) is 19.9 Å². The Balaban J connectivity index is 2.21. The monoisotopic (exact) mass is 485 g/mol. The van der Waals surface area contributed by atoms with E-state index in [-0.39, 0.29) is 34.9 Å². The van der Waals surface area contributed by atoms with Crippen molar-refractivity contribution in [2.45, 2.75) is 44.7 Å². The summed E-state index contributed by atoms with van der Waals surface area (Å²) in [4.78, 5) is 45.7. The fourth-order valence-corrected chi connectivity index (χ4v) is 4.65. The van der Waals surface area contributed by atoms with Crippen molar-refractivity contribution in [1.82, 2.24) is 5.16 Å². The first-order valence-electron chi connectivity index (χ1n) is 9.06. The van der Waals surface area contributed by atoms with Gasteiger partial charge in [-0.2, -0.15) is 0 Å². The van der Waals surface area contributed by atoms with Crippen LogP contribution in [0.15, 0.2) is 27.2 Å². The zero-order valence-electron chi connectivity index (χ0n) is 16.1. The van der Waals surface area contributed by atoms with Crippen LogP contribution < -0.4 is 0 Å². The average molecular weight is 486 g/mol. The molecule has 1 aliphatic rings. The Kier molecular flexibility index (Phi) is 5.89. The lowest BCUT2D eigenvalue weighted by molar-refractivity contribution is 0.0512. The van der Waals surface area contributed by atoms with Gasteiger partial charge in [-0.25, -0.2) is 4.79 Å². The molecule has 0 bridgehead atoms. The molecule has 1 aromatic heterocycles. The van der Waals surface area contributed by atoms with Gasteiger partial charge in [0.1, 0.15) is 5.56 Å². The third kappa shape index (κ3) is 3.97. The Morgan fingerprint density at radius 1 is 1.34 bits per heavy atom. The number of benzene rings is 1. The highest BCUT2D eigenvalue weighted by molar-refractivity contribution is 9.10. The van der Waals surface area contributed by atoms with E-state index in [0.29, 0.717) is 10.2 Å². The van der Waals surface area contributed by atoms with Gasteiger partial charge in [0.25, 0.3) is 0 Å². The molecule has 1 aliphatic carbocycles. The minimum atomic E-state index is -4.63. The number of hydrogen-bond donors (Lipinski definition) is 2. The predicted molar refractivity (Wildman–Crippen MR) is 107 cm³/mol. The zero-order chi connectivity index (χ0) is 21.6. The van der Waals surface area contributed by atoms with Gasteiger partial charge in [0.15, 0.2) is 11.5 Å². The van der Waals surface area contributed by atoms with Crippen LogP contribution in [-0.2, 0) is 14.5 Å². The van der Waals surface area contributed by atoms with E-state index in [1.807, 2.05) is 0 Å². The molecule has 10 heteroatoms. The molecule has 2 N–H and O–H groups in total. The normalized spacial score (nSPS) is 14.7. The molecule has 2 aromatic rings. The standard InChI is InChI=1S/C19H21BrNO7P/c1-4-27-18(23)15-13(17(28-21-15)10-8-9-10)16(22)11-6-5-7-12(20)14(11)19(2,3)29(24,25)26/h5-7,10H,4,8-9H2,1-3H3,(H2,24,25,26). The van der Waals surface area contributed by atoms with Gasteiger partial charge in [0.2, 0.25) is 5.69 Å². The predicted octanol–water partition coefficient (Wildman–Crippen LogP) is 4.14. The van der Waals surface area contributed by atoms with Crippen LogP contribution >= 0.6 is 23.5 Å². The van der Waals surface area contributed by atoms with Crippen LogP contribution in [0, 0.1) is 0 Å². The van der Waals surface area contributed by atoms with E-state index < -0.39 is 24.5 Å². The second kappa shape index (κ2) is 7.80. The molecular formula is C19H21BrNO7P. The number of ether oxygens (including phenoxy) is 1. The number of carbonyl (C=O) groups excluding carboxylic acids is 2. The summed E-state index contributed by atoms with van der Waals surface area (Å²) in [5.74, 6) is -1.08. The quantitative estimate of drug-likeness (QED) is 0.340. The lowest BCUT2D eigenvalue weighted by Gasteiger charge is -2.29. The maximum absolute atomic E-state index is 13.6. The Morgan fingerprint density at radius 2 is 2.00 bits per heavy atom.